The molecule has 18 heteroatoms. The summed E-state index contributed by atoms with van der Waals surface area (Å²) in [6.45, 7) is 11.8. The van der Waals surface area contributed by atoms with Crippen LogP contribution in [-0.2, 0) is 33.0 Å². The Bertz CT molecular complexity index is 2690. The molecule has 5 aromatic rings. The lowest BCUT2D eigenvalue weighted by Gasteiger charge is -2.63. The number of nitrogens with zero attached hydrogens (tertiary/aromatic N) is 10. The molecule has 346 valence electrons. The number of aromatic nitrogens is 6. The number of rotatable bonds is 10. The van der Waals surface area contributed by atoms with Crippen molar-refractivity contribution < 1.29 is 23.1 Å². The molecule has 0 unspecified atom stereocenters. The van der Waals surface area contributed by atoms with Crippen LogP contribution in [0.25, 0.3) is 11.1 Å². The number of piperidine rings is 1. The highest BCUT2D eigenvalue weighted by Gasteiger charge is 2.64. The molecule has 2 fully saturated rings. The minimum absolute atomic E-state index is 0.0432. The Balaban J connectivity index is 0.870. The molecule has 2 N–H and O–H groups in total. The molecule has 66 heavy (non-hydrogen) atoms. The second-order valence-corrected chi connectivity index (χ2v) is 19.5. The summed E-state index contributed by atoms with van der Waals surface area (Å²) in [5.41, 5.74) is 4.77. The number of aryl methyl sites for hydroxylation is 2. The minimum atomic E-state index is -2.69. The fourth-order valence-corrected chi connectivity index (χ4v) is 11.2. The van der Waals surface area contributed by atoms with Crippen molar-refractivity contribution >= 4 is 35.0 Å². The van der Waals surface area contributed by atoms with Crippen LogP contribution >= 0.6 is 11.6 Å². The Labute approximate surface area is 388 Å². The Kier molecular flexibility index (Phi) is 12.0. The van der Waals surface area contributed by atoms with Crippen LogP contribution in [0.3, 0.4) is 0 Å². The molecule has 3 aliphatic heterocycles. The molecule has 15 nitrogen and oxygen atoms in total. The molecule has 0 bridgehead atoms. The zero-order chi connectivity index (χ0) is 46.7. The Hall–Kier alpha value is -6.12. The maximum absolute atomic E-state index is 14.8. The number of alkyl halides is 2. The van der Waals surface area contributed by atoms with Crippen LogP contribution in [0.1, 0.15) is 104 Å². The number of nitrogens with one attached hydrogen (secondary N) is 2. The van der Waals surface area contributed by atoms with Crippen molar-refractivity contribution in [1.82, 2.24) is 50.0 Å². The van der Waals surface area contributed by atoms with Gasteiger partial charge in [-0.3, -0.25) is 19.1 Å². The standard InChI is InChI=1S/C48H55ClF2N12O3/c1-47(2)44(48(3,4)45(47)66-33-10-9-29(21-52)37(49)19-33)57-43(64)30-22-54-40(55-23-30)27-60-15-11-32(12-16-60)63-38-13-17-61(46(65)53-5)26-36(38)42(58-63)62-14-7-8-28-18-34(31-24-56-59(6)25-31)35(41(50)51)20-39(28)62/h9-10,18-20,22-25,32,41,44-45H,7-8,11-17,26-27H2,1-6H3,(H,53,65)(H,57,64). The fourth-order valence-electron chi connectivity index (χ4n) is 11.0. The number of likely N-dealkylation sites (tertiary alicyclic amines) is 1. The van der Waals surface area contributed by atoms with E-state index < -0.39 is 17.3 Å². The highest BCUT2D eigenvalue weighted by molar-refractivity contribution is 6.31. The number of ether oxygens (including phenoxy) is 1. The SMILES string of the molecule is CNC(=O)N1CCc2c(c(N3CCCc4cc(-c5cnn(C)c5)c(C(F)F)cc43)nn2C2CCN(Cc3ncc(C(=O)NC4C(C)(C)C(Oc5ccc(C#N)c(Cl)c5)C4(C)C)cn3)CC2)C1. The van der Waals surface area contributed by atoms with Gasteiger partial charge in [0.1, 0.15) is 23.7 Å². The third-order valence-electron chi connectivity index (χ3n) is 14.1. The van der Waals surface area contributed by atoms with Gasteiger partial charge in [-0.25, -0.2) is 23.5 Å². The highest BCUT2D eigenvalue weighted by Crippen LogP contribution is 2.56. The van der Waals surface area contributed by atoms with E-state index in [0.29, 0.717) is 71.5 Å². The number of amides is 3. The maximum Gasteiger partial charge on any atom is 0.317 e. The summed E-state index contributed by atoms with van der Waals surface area (Å²) in [6, 6.07) is 10.3. The van der Waals surface area contributed by atoms with Gasteiger partial charge in [-0.15, -0.1) is 0 Å². The summed E-state index contributed by atoms with van der Waals surface area (Å²) in [5, 5.41) is 25.1. The van der Waals surface area contributed by atoms with Crippen molar-refractivity contribution in [2.75, 3.05) is 38.1 Å². The lowest BCUT2D eigenvalue weighted by atomic mass is 9.49. The van der Waals surface area contributed by atoms with Gasteiger partial charge in [-0.2, -0.15) is 15.5 Å². The van der Waals surface area contributed by atoms with E-state index in [0.717, 1.165) is 67.1 Å². The number of carbonyl (C=O) groups is 2. The second kappa shape index (κ2) is 17.6. The minimum Gasteiger partial charge on any atom is -0.489 e. The average molecular weight is 921 g/mol. The summed E-state index contributed by atoms with van der Waals surface area (Å²) in [5.74, 6) is 1.65. The highest BCUT2D eigenvalue weighted by atomic mass is 35.5. The smallest absolute Gasteiger partial charge is 0.317 e. The van der Waals surface area contributed by atoms with Crippen molar-refractivity contribution in [3.05, 3.63) is 99.5 Å². The van der Waals surface area contributed by atoms with Crippen molar-refractivity contribution in [2.24, 2.45) is 17.9 Å². The normalized spacial score (nSPS) is 20.3. The topological polar surface area (TPSA) is 162 Å². The lowest BCUT2D eigenvalue weighted by molar-refractivity contribution is -0.164. The molecular formula is C48H55ClF2N12O3. The van der Waals surface area contributed by atoms with Crippen LogP contribution in [-0.4, -0.2) is 96.6 Å². The van der Waals surface area contributed by atoms with Crippen molar-refractivity contribution in [2.45, 2.75) is 97.5 Å². The molecular weight excluding hydrogens is 866 g/mol. The molecule has 0 radical (unpaired) electrons. The zero-order valence-corrected chi connectivity index (χ0v) is 38.9. The monoisotopic (exact) mass is 920 g/mol. The van der Waals surface area contributed by atoms with Gasteiger partial charge in [0.25, 0.3) is 12.3 Å². The Morgan fingerprint density at radius 2 is 1.76 bits per heavy atom. The van der Waals surface area contributed by atoms with Crippen LogP contribution < -0.4 is 20.3 Å². The van der Waals surface area contributed by atoms with Crippen LogP contribution in [0.4, 0.5) is 25.1 Å². The number of halogens is 3. The number of hydrogen-bond acceptors (Lipinski definition) is 10. The van der Waals surface area contributed by atoms with Gasteiger partial charge >= 0.3 is 6.03 Å². The second-order valence-electron chi connectivity index (χ2n) is 19.1. The first kappa shape index (κ1) is 45.1. The average Bonchev–Trinajstić information content (AvgIpc) is 3.92. The number of urea groups is 1. The molecule has 3 amide bonds. The Morgan fingerprint density at radius 1 is 1.02 bits per heavy atom. The maximum atomic E-state index is 14.8. The van der Waals surface area contributed by atoms with Gasteiger partial charge in [-0.05, 0) is 61.1 Å². The summed E-state index contributed by atoms with van der Waals surface area (Å²) >= 11 is 6.27. The van der Waals surface area contributed by atoms with Gasteiger partial charge in [-0.1, -0.05) is 39.3 Å². The number of benzene rings is 2. The lowest BCUT2D eigenvalue weighted by Crippen LogP contribution is -2.74. The first-order valence-electron chi connectivity index (χ1n) is 22.6. The Morgan fingerprint density at radius 3 is 2.41 bits per heavy atom. The number of anilines is 2. The number of carbonyl (C=O) groups excluding carboxylic acids is 2. The first-order valence-corrected chi connectivity index (χ1v) is 22.9. The van der Waals surface area contributed by atoms with Gasteiger partial charge in [0.05, 0.1) is 41.5 Å². The van der Waals surface area contributed by atoms with E-state index in [4.69, 9.17) is 21.4 Å². The van der Waals surface area contributed by atoms with E-state index in [1.165, 1.54) is 0 Å². The third kappa shape index (κ3) is 8.23. The zero-order valence-electron chi connectivity index (χ0n) is 38.1. The van der Waals surface area contributed by atoms with Crippen LogP contribution in [0.2, 0.25) is 5.02 Å². The van der Waals surface area contributed by atoms with E-state index in [2.05, 4.69) is 73.9 Å². The quantitative estimate of drug-likeness (QED) is 0.142. The molecule has 1 saturated heterocycles. The number of nitriles is 1. The van der Waals surface area contributed by atoms with E-state index in [1.54, 1.807) is 72.7 Å². The van der Waals surface area contributed by atoms with Crippen LogP contribution in [0.15, 0.2) is 55.1 Å². The predicted molar refractivity (Wildman–Crippen MR) is 245 cm³/mol. The van der Waals surface area contributed by atoms with Gasteiger partial charge in [0.15, 0.2) is 5.82 Å². The molecule has 0 spiro atoms. The third-order valence-corrected chi connectivity index (χ3v) is 14.4. The summed E-state index contributed by atoms with van der Waals surface area (Å²) in [4.78, 5) is 41.9. The molecule has 6 heterocycles. The van der Waals surface area contributed by atoms with Crippen molar-refractivity contribution in [3.63, 3.8) is 0 Å². The van der Waals surface area contributed by atoms with Crippen molar-refractivity contribution in [1.29, 1.82) is 5.26 Å². The fraction of sp³-hybridized carbons (Fsp3) is 0.479. The summed E-state index contributed by atoms with van der Waals surface area (Å²) < 4.78 is 39.7. The van der Waals surface area contributed by atoms with E-state index in [1.807, 2.05) is 6.07 Å². The molecule has 0 atom stereocenters. The van der Waals surface area contributed by atoms with E-state index >= 15 is 0 Å². The molecule has 2 aromatic carbocycles. The van der Waals surface area contributed by atoms with Crippen LogP contribution in [0, 0.1) is 22.2 Å². The van der Waals surface area contributed by atoms with Crippen LogP contribution in [0.5, 0.6) is 5.75 Å². The van der Waals surface area contributed by atoms with E-state index in [9.17, 15) is 23.6 Å². The van der Waals surface area contributed by atoms with E-state index in [-0.39, 0.29) is 35.7 Å². The van der Waals surface area contributed by atoms with Gasteiger partial charge < -0.3 is 25.2 Å². The molecule has 1 aliphatic carbocycles. The first-order chi connectivity index (χ1) is 31.6. The van der Waals surface area contributed by atoms with Crippen molar-refractivity contribution in [3.8, 4) is 22.9 Å². The predicted octanol–water partition coefficient (Wildman–Crippen LogP) is 7.77. The number of fused-ring (bicyclic) bond motifs is 2. The summed E-state index contributed by atoms with van der Waals surface area (Å²) in [7, 11) is 3.40. The largest absolute Gasteiger partial charge is 0.489 e. The van der Waals surface area contributed by atoms with Gasteiger partial charge in [0.2, 0.25) is 0 Å². The number of hydrogen-bond donors (Lipinski definition) is 2. The van der Waals surface area contributed by atoms with Gasteiger partial charge in [0, 0.05) is 116 Å². The summed E-state index contributed by atoms with van der Waals surface area (Å²) in [6.07, 6.45) is 7.48. The molecule has 1 saturated carbocycles. The molecule has 9 rings (SSSR count). The molecule has 4 aliphatic rings. The molecule has 3 aromatic heterocycles.